The first-order chi connectivity index (χ1) is 16.9. The quantitative estimate of drug-likeness (QED) is 0.341. The molecule has 0 atom stereocenters. The molecular formula is C26H22FN3O3S2. The molecule has 1 aliphatic carbocycles. The zero-order valence-electron chi connectivity index (χ0n) is 18.6. The van der Waals surface area contributed by atoms with Gasteiger partial charge in [-0.25, -0.2) is 17.8 Å². The molecule has 9 heteroatoms. The molecule has 3 aromatic carbocycles. The van der Waals surface area contributed by atoms with Crippen molar-refractivity contribution in [2.75, 3.05) is 10.0 Å². The van der Waals surface area contributed by atoms with Gasteiger partial charge in [-0.3, -0.25) is 14.8 Å². The summed E-state index contributed by atoms with van der Waals surface area (Å²) in [6, 6.07) is 17.1. The Bertz CT molecular complexity index is 1500. The fourth-order valence-electron chi connectivity index (χ4n) is 4.08. The number of rotatable bonds is 6. The third-order valence-electron chi connectivity index (χ3n) is 5.87. The van der Waals surface area contributed by atoms with E-state index in [4.69, 9.17) is 0 Å². The van der Waals surface area contributed by atoms with Crippen LogP contribution in [0.25, 0.3) is 11.3 Å². The van der Waals surface area contributed by atoms with Gasteiger partial charge in [0, 0.05) is 22.2 Å². The molecule has 1 aliphatic rings. The molecule has 2 N–H and O–H groups in total. The molecule has 0 saturated carbocycles. The van der Waals surface area contributed by atoms with Gasteiger partial charge in [-0.05, 0) is 85.3 Å². The Labute approximate surface area is 206 Å². The number of nitrogens with one attached hydrogen (secondary N) is 2. The summed E-state index contributed by atoms with van der Waals surface area (Å²) in [4.78, 5) is 17.3. The van der Waals surface area contributed by atoms with Gasteiger partial charge >= 0.3 is 0 Å². The summed E-state index contributed by atoms with van der Waals surface area (Å²) < 4.78 is 40.7. The summed E-state index contributed by atoms with van der Waals surface area (Å²) in [6.07, 6.45) is 4.63. The van der Waals surface area contributed by atoms with Gasteiger partial charge in [-0.15, -0.1) is 11.3 Å². The van der Waals surface area contributed by atoms with Crippen LogP contribution in [0.1, 0.15) is 34.3 Å². The van der Waals surface area contributed by atoms with Crippen LogP contribution < -0.4 is 10.0 Å². The van der Waals surface area contributed by atoms with Crippen molar-refractivity contribution < 1.29 is 17.6 Å². The molecule has 5 rings (SSSR count). The lowest BCUT2D eigenvalue weighted by Gasteiger charge is -2.16. The van der Waals surface area contributed by atoms with E-state index in [-0.39, 0.29) is 16.1 Å². The summed E-state index contributed by atoms with van der Waals surface area (Å²) in [5.41, 5.74) is 5.09. The number of aromatic nitrogens is 1. The highest BCUT2D eigenvalue weighted by Crippen LogP contribution is 2.30. The number of thiazole rings is 1. The van der Waals surface area contributed by atoms with E-state index in [1.807, 2.05) is 5.38 Å². The van der Waals surface area contributed by atoms with Gasteiger partial charge in [0.2, 0.25) is 0 Å². The summed E-state index contributed by atoms with van der Waals surface area (Å²) >= 11 is 1.33. The van der Waals surface area contributed by atoms with Crippen molar-refractivity contribution >= 4 is 38.1 Å². The van der Waals surface area contributed by atoms with Gasteiger partial charge in [0.15, 0.2) is 5.13 Å². The van der Waals surface area contributed by atoms with Crippen LogP contribution in [0.15, 0.2) is 77.0 Å². The fourth-order valence-corrected chi connectivity index (χ4v) is 5.84. The zero-order valence-corrected chi connectivity index (χ0v) is 20.3. The molecule has 1 aromatic heterocycles. The zero-order chi connectivity index (χ0) is 24.4. The maximum atomic E-state index is 13.1. The third-order valence-corrected chi connectivity index (χ3v) is 8.02. The summed E-state index contributed by atoms with van der Waals surface area (Å²) in [5.74, 6) is -0.932. The Balaban J connectivity index is 1.29. The van der Waals surface area contributed by atoms with Crippen LogP contribution in [-0.4, -0.2) is 19.3 Å². The van der Waals surface area contributed by atoms with E-state index in [1.54, 1.807) is 12.1 Å². The van der Waals surface area contributed by atoms with Crippen LogP contribution in [0.2, 0.25) is 0 Å². The average Bonchev–Trinajstić information content (AvgIpc) is 3.32. The van der Waals surface area contributed by atoms with Crippen molar-refractivity contribution in [1.29, 1.82) is 0 Å². The van der Waals surface area contributed by atoms with Gasteiger partial charge in [-0.1, -0.05) is 18.2 Å². The molecule has 4 aromatic rings. The summed E-state index contributed by atoms with van der Waals surface area (Å²) in [5, 5.41) is 5.16. The molecule has 0 radical (unpaired) electrons. The number of nitrogens with zero attached hydrogens (tertiary/aromatic N) is 1. The predicted octanol–water partition coefficient (Wildman–Crippen LogP) is 5.88. The number of carbonyl (C=O) groups is 1. The monoisotopic (exact) mass is 507 g/mol. The molecule has 0 aliphatic heterocycles. The highest BCUT2D eigenvalue weighted by Gasteiger charge is 2.17. The molecule has 6 nitrogen and oxygen atoms in total. The van der Waals surface area contributed by atoms with Crippen molar-refractivity contribution in [3.05, 3.63) is 94.6 Å². The number of halogens is 1. The molecule has 35 heavy (non-hydrogen) atoms. The molecular weight excluding hydrogens is 485 g/mol. The molecule has 0 spiro atoms. The lowest BCUT2D eigenvalue weighted by atomic mass is 9.90. The van der Waals surface area contributed by atoms with Crippen molar-refractivity contribution in [3.63, 3.8) is 0 Å². The van der Waals surface area contributed by atoms with Crippen molar-refractivity contribution in [3.8, 4) is 11.3 Å². The smallest absolute Gasteiger partial charge is 0.261 e. The number of fused-ring (bicyclic) bond motifs is 1. The van der Waals surface area contributed by atoms with E-state index in [0.29, 0.717) is 5.13 Å². The van der Waals surface area contributed by atoms with Crippen LogP contribution in [-0.2, 0) is 22.9 Å². The van der Waals surface area contributed by atoms with E-state index < -0.39 is 21.7 Å². The van der Waals surface area contributed by atoms with Crippen LogP contribution in [0, 0.1) is 5.82 Å². The summed E-state index contributed by atoms with van der Waals surface area (Å²) in [6.45, 7) is 0. The van der Waals surface area contributed by atoms with Crippen LogP contribution >= 0.6 is 11.3 Å². The van der Waals surface area contributed by atoms with E-state index in [2.05, 4.69) is 33.2 Å². The Hall–Kier alpha value is -3.56. The number of benzene rings is 3. The van der Waals surface area contributed by atoms with Crippen LogP contribution in [0.3, 0.4) is 0 Å². The molecule has 1 heterocycles. The molecule has 0 saturated heterocycles. The topological polar surface area (TPSA) is 88.2 Å². The fraction of sp³-hybridized carbons (Fsp3) is 0.154. The number of sulfonamides is 1. The second-order valence-corrected chi connectivity index (χ2v) is 10.9. The van der Waals surface area contributed by atoms with Gasteiger partial charge < -0.3 is 0 Å². The number of hydrogen-bond acceptors (Lipinski definition) is 5. The predicted molar refractivity (Wildman–Crippen MR) is 136 cm³/mol. The average molecular weight is 508 g/mol. The van der Waals surface area contributed by atoms with Crippen LogP contribution in [0.4, 0.5) is 15.2 Å². The Morgan fingerprint density at radius 1 is 0.943 bits per heavy atom. The Kier molecular flexibility index (Phi) is 6.36. The SMILES string of the molecule is O=C(Nc1nc(-c2ccc3c(c2)CCCC3)cs1)c1cccc(NS(=O)(=O)c2ccc(F)cc2)c1. The van der Waals surface area contributed by atoms with Crippen molar-refractivity contribution in [2.24, 2.45) is 0 Å². The van der Waals surface area contributed by atoms with E-state index in [9.17, 15) is 17.6 Å². The van der Waals surface area contributed by atoms with Crippen LogP contribution in [0.5, 0.6) is 0 Å². The first-order valence-electron chi connectivity index (χ1n) is 11.1. The first kappa shape index (κ1) is 23.2. The standard InChI is InChI=1S/C26H22FN3O3S2/c27-21-10-12-23(13-11-21)35(32,33)30-22-7-3-6-20(15-22)25(31)29-26-28-24(16-34-26)19-9-8-17-4-1-2-5-18(17)14-19/h3,6-16,30H,1-2,4-5H2,(H,28,29,31). The normalized spacial score (nSPS) is 13.2. The second-order valence-electron chi connectivity index (χ2n) is 8.32. The molecule has 178 valence electrons. The number of anilines is 2. The van der Waals surface area contributed by atoms with Gasteiger partial charge in [0.25, 0.3) is 15.9 Å². The lowest BCUT2D eigenvalue weighted by molar-refractivity contribution is 0.102. The first-order valence-corrected chi connectivity index (χ1v) is 13.5. The van der Waals surface area contributed by atoms with Gasteiger partial charge in [0.05, 0.1) is 10.6 Å². The van der Waals surface area contributed by atoms with Crippen molar-refractivity contribution in [1.82, 2.24) is 4.98 Å². The number of hydrogen-bond donors (Lipinski definition) is 2. The molecule has 1 amide bonds. The minimum atomic E-state index is -3.92. The third kappa shape index (κ3) is 5.26. The minimum absolute atomic E-state index is 0.0775. The Morgan fingerprint density at radius 3 is 2.51 bits per heavy atom. The number of amides is 1. The van der Waals surface area contributed by atoms with E-state index >= 15 is 0 Å². The van der Waals surface area contributed by atoms with Gasteiger partial charge in [0.1, 0.15) is 5.82 Å². The molecule has 0 unspecified atom stereocenters. The van der Waals surface area contributed by atoms with E-state index in [1.165, 1.54) is 59.6 Å². The van der Waals surface area contributed by atoms with E-state index in [0.717, 1.165) is 36.2 Å². The lowest BCUT2D eigenvalue weighted by Crippen LogP contribution is -2.15. The number of carbonyl (C=O) groups excluding carboxylic acids is 1. The maximum absolute atomic E-state index is 13.1. The highest BCUT2D eigenvalue weighted by molar-refractivity contribution is 7.92. The molecule has 0 bridgehead atoms. The Morgan fingerprint density at radius 2 is 1.71 bits per heavy atom. The molecule has 0 fully saturated rings. The highest BCUT2D eigenvalue weighted by atomic mass is 32.2. The van der Waals surface area contributed by atoms with Gasteiger partial charge in [-0.2, -0.15) is 0 Å². The van der Waals surface area contributed by atoms with Crippen molar-refractivity contribution in [2.45, 2.75) is 30.6 Å². The minimum Gasteiger partial charge on any atom is -0.298 e. The maximum Gasteiger partial charge on any atom is 0.261 e. The number of aryl methyl sites for hydroxylation is 2. The second kappa shape index (κ2) is 9.59. The largest absolute Gasteiger partial charge is 0.298 e. The summed E-state index contributed by atoms with van der Waals surface area (Å²) in [7, 11) is -3.92.